The summed E-state index contributed by atoms with van der Waals surface area (Å²) in [6.07, 6.45) is 10.1. The monoisotopic (exact) mass is 447 g/mol. The standard InChI is InChI=1S/C23H30ClN3O2S/c24-16-6-7-19-18(11-16)20(14-26-19)30-15-17(25)5-1-4-10-27-21(28)12-23(13-22(27)29)8-2-3-9-23/h6-7,11,14,17,26H,1-5,8-10,12-13,15,25H2. The summed E-state index contributed by atoms with van der Waals surface area (Å²) in [5.74, 6) is 0.890. The van der Waals surface area contributed by atoms with Crippen LogP contribution in [-0.4, -0.2) is 40.0 Å². The maximum atomic E-state index is 12.5. The van der Waals surface area contributed by atoms with Gasteiger partial charge in [0.2, 0.25) is 11.8 Å². The van der Waals surface area contributed by atoms with Crippen LogP contribution in [0.25, 0.3) is 10.9 Å². The number of nitrogens with zero attached hydrogens (tertiary/aromatic N) is 1. The number of halogens is 1. The normalized spacial score (nSPS) is 19.9. The Morgan fingerprint density at radius 1 is 1.17 bits per heavy atom. The van der Waals surface area contributed by atoms with Gasteiger partial charge in [-0.05, 0) is 49.3 Å². The molecule has 162 valence electrons. The molecule has 2 fully saturated rings. The van der Waals surface area contributed by atoms with Gasteiger partial charge in [0.15, 0.2) is 0 Å². The molecule has 2 heterocycles. The van der Waals surface area contributed by atoms with Gasteiger partial charge in [-0.3, -0.25) is 14.5 Å². The van der Waals surface area contributed by atoms with E-state index in [2.05, 4.69) is 4.98 Å². The molecule has 1 atom stereocenters. The predicted octanol–water partition coefficient (Wildman–Crippen LogP) is 5.12. The van der Waals surface area contributed by atoms with Gasteiger partial charge in [0.25, 0.3) is 0 Å². The number of nitrogens with two attached hydrogens (primary N) is 1. The van der Waals surface area contributed by atoms with E-state index in [0.29, 0.717) is 19.4 Å². The Balaban J connectivity index is 1.19. The lowest BCUT2D eigenvalue weighted by molar-refractivity contribution is -0.153. The van der Waals surface area contributed by atoms with E-state index in [1.807, 2.05) is 24.4 Å². The number of piperidine rings is 1. The van der Waals surface area contributed by atoms with Crippen molar-refractivity contribution < 1.29 is 9.59 Å². The van der Waals surface area contributed by atoms with Gasteiger partial charge < -0.3 is 10.7 Å². The van der Waals surface area contributed by atoms with Crippen LogP contribution in [0.1, 0.15) is 57.8 Å². The van der Waals surface area contributed by atoms with Crippen LogP contribution < -0.4 is 5.73 Å². The average Bonchev–Trinajstić information content (AvgIpc) is 3.31. The van der Waals surface area contributed by atoms with Gasteiger partial charge in [-0.2, -0.15) is 0 Å². The number of hydrogen-bond acceptors (Lipinski definition) is 4. The number of carbonyl (C=O) groups is 2. The quantitative estimate of drug-likeness (QED) is 0.334. The third kappa shape index (κ3) is 4.87. The summed E-state index contributed by atoms with van der Waals surface area (Å²) < 4.78 is 0. The second-order valence-electron chi connectivity index (χ2n) is 8.91. The summed E-state index contributed by atoms with van der Waals surface area (Å²) in [4.78, 5) is 31.0. The molecular formula is C23H30ClN3O2S. The Morgan fingerprint density at radius 3 is 2.63 bits per heavy atom. The number of thioether (sulfide) groups is 1. The Kier molecular flexibility index (Phi) is 6.75. The molecule has 1 unspecified atom stereocenters. The first-order valence-corrected chi connectivity index (χ1v) is 12.3. The lowest BCUT2D eigenvalue weighted by atomic mass is 9.76. The molecule has 2 aliphatic rings. The van der Waals surface area contributed by atoms with Crippen LogP contribution in [0, 0.1) is 5.41 Å². The van der Waals surface area contributed by atoms with Gasteiger partial charge in [0.1, 0.15) is 0 Å². The number of hydrogen-bond donors (Lipinski definition) is 2. The fourth-order valence-electron chi connectivity index (χ4n) is 4.91. The van der Waals surface area contributed by atoms with Crippen LogP contribution in [0.5, 0.6) is 0 Å². The van der Waals surface area contributed by atoms with Gasteiger partial charge in [0, 0.05) is 58.2 Å². The van der Waals surface area contributed by atoms with Crippen molar-refractivity contribution >= 4 is 46.1 Å². The van der Waals surface area contributed by atoms with Crippen molar-refractivity contribution in [2.75, 3.05) is 12.3 Å². The molecule has 1 aromatic heterocycles. The van der Waals surface area contributed by atoms with Crippen molar-refractivity contribution in [3.8, 4) is 0 Å². The number of likely N-dealkylation sites (tertiary alicyclic amines) is 1. The van der Waals surface area contributed by atoms with Crippen LogP contribution in [-0.2, 0) is 9.59 Å². The molecule has 0 bridgehead atoms. The van der Waals surface area contributed by atoms with E-state index < -0.39 is 0 Å². The Morgan fingerprint density at radius 2 is 1.90 bits per heavy atom. The number of carbonyl (C=O) groups excluding carboxylic acids is 2. The summed E-state index contributed by atoms with van der Waals surface area (Å²) in [6.45, 7) is 0.536. The summed E-state index contributed by atoms with van der Waals surface area (Å²) in [7, 11) is 0. The van der Waals surface area contributed by atoms with E-state index in [-0.39, 0.29) is 23.3 Å². The number of aromatic nitrogens is 1. The van der Waals surface area contributed by atoms with Crippen molar-refractivity contribution in [2.45, 2.75) is 68.7 Å². The second-order valence-corrected chi connectivity index (χ2v) is 10.4. The van der Waals surface area contributed by atoms with Crippen LogP contribution in [0.15, 0.2) is 29.3 Å². The molecule has 1 saturated heterocycles. The van der Waals surface area contributed by atoms with Crippen molar-refractivity contribution in [3.05, 3.63) is 29.4 Å². The molecule has 2 amide bonds. The molecule has 7 heteroatoms. The average molecular weight is 448 g/mol. The topological polar surface area (TPSA) is 79.2 Å². The number of nitrogens with one attached hydrogen (secondary N) is 1. The fraction of sp³-hybridized carbons (Fsp3) is 0.565. The first kappa shape index (κ1) is 21.7. The van der Waals surface area contributed by atoms with E-state index >= 15 is 0 Å². The van der Waals surface area contributed by atoms with Gasteiger partial charge >= 0.3 is 0 Å². The SMILES string of the molecule is NC(CCCCN1C(=O)CC2(CCCC2)CC1=O)CSc1c[nH]c2ccc(Cl)cc12. The van der Waals surface area contributed by atoms with Crippen LogP contribution in [0.4, 0.5) is 0 Å². The lowest BCUT2D eigenvalue weighted by Gasteiger charge is -2.37. The summed E-state index contributed by atoms with van der Waals surface area (Å²) >= 11 is 7.85. The molecule has 4 rings (SSSR count). The Bertz CT molecular complexity index is 902. The Hall–Kier alpha value is -1.50. The number of aromatic amines is 1. The minimum Gasteiger partial charge on any atom is -0.360 e. The highest BCUT2D eigenvalue weighted by Gasteiger charge is 2.44. The van der Waals surface area contributed by atoms with Gasteiger partial charge in [-0.1, -0.05) is 30.9 Å². The number of benzene rings is 1. The molecule has 1 spiro atoms. The minimum absolute atomic E-state index is 0.0170. The first-order chi connectivity index (χ1) is 14.5. The van der Waals surface area contributed by atoms with E-state index in [4.69, 9.17) is 17.3 Å². The number of fused-ring (bicyclic) bond motifs is 1. The number of rotatable bonds is 8. The Labute approximate surface area is 187 Å². The highest BCUT2D eigenvalue weighted by Crippen LogP contribution is 2.46. The fourth-order valence-corrected chi connectivity index (χ4v) is 6.10. The number of amides is 2. The van der Waals surface area contributed by atoms with E-state index in [9.17, 15) is 9.59 Å². The van der Waals surface area contributed by atoms with Crippen molar-refractivity contribution in [2.24, 2.45) is 11.1 Å². The van der Waals surface area contributed by atoms with Crippen LogP contribution in [0.2, 0.25) is 5.02 Å². The zero-order valence-electron chi connectivity index (χ0n) is 17.3. The number of unbranched alkanes of at least 4 members (excludes halogenated alkanes) is 1. The largest absolute Gasteiger partial charge is 0.360 e. The molecule has 0 radical (unpaired) electrons. The minimum atomic E-state index is -0.0170. The first-order valence-electron chi connectivity index (χ1n) is 10.9. The maximum Gasteiger partial charge on any atom is 0.229 e. The van der Waals surface area contributed by atoms with Crippen LogP contribution in [0.3, 0.4) is 0 Å². The molecule has 5 nitrogen and oxygen atoms in total. The highest BCUT2D eigenvalue weighted by molar-refractivity contribution is 7.99. The third-order valence-corrected chi connectivity index (χ3v) is 8.06. The zero-order chi connectivity index (χ0) is 21.1. The lowest BCUT2D eigenvalue weighted by Crippen LogP contribution is -2.47. The maximum absolute atomic E-state index is 12.5. The summed E-state index contributed by atoms with van der Waals surface area (Å²) in [6, 6.07) is 5.92. The summed E-state index contributed by atoms with van der Waals surface area (Å²) in [5, 5.41) is 1.86. The van der Waals surface area contributed by atoms with Gasteiger partial charge in [0.05, 0.1) is 0 Å². The molecule has 3 N–H and O–H groups in total. The number of H-pyrrole nitrogens is 1. The summed E-state index contributed by atoms with van der Waals surface area (Å²) in [5.41, 5.74) is 7.37. The van der Waals surface area contributed by atoms with E-state index in [1.54, 1.807) is 11.8 Å². The molecule has 1 saturated carbocycles. The zero-order valence-corrected chi connectivity index (χ0v) is 18.9. The second kappa shape index (κ2) is 9.33. The third-order valence-electron chi connectivity index (χ3n) is 6.58. The molecule has 1 aliphatic heterocycles. The number of imide groups is 1. The van der Waals surface area contributed by atoms with E-state index in [1.165, 1.54) is 4.90 Å². The van der Waals surface area contributed by atoms with Gasteiger partial charge in [-0.15, -0.1) is 11.8 Å². The predicted molar refractivity (Wildman–Crippen MR) is 123 cm³/mol. The molecule has 30 heavy (non-hydrogen) atoms. The van der Waals surface area contributed by atoms with Gasteiger partial charge in [-0.25, -0.2) is 0 Å². The van der Waals surface area contributed by atoms with Crippen molar-refractivity contribution in [1.29, 1.82) is 0 Å². The molecular weight excluding hydrogens is 418 g/mol. The highest BCUT2D eigenvalue weighted by atomic mass is 35.5. The smallest absolute Gasteiger partial charge is 0.229 e. The van der Waals surface area contributed by atoms with E-state index in [0.717, 1.165) is 71.5 Å². The molecule has 1 aromatic carbocycles. The van der Waals surface area contributed by atoms with Crippen molar-refractivity contribution in [1.82, 2.24) is 9.88 Å². The molecule has 2 aromatic rings. The van der Waals surface area contributed by atoms with Crippen LogP contribution >= 0.6 is 23.4 Å². The van der Waals surface area contributed by atoms with Crippen molar-refractivity contribution in [3.63, 3.8) is 0 Å². The molecule has 1 aliphatic carbocycles.